The monoisotopic (exact) mass is 590 g/mol. The molecule has 1 aromatic carbocycles. The molecule has 0 N–H and O–H groups in total. The van der Waals surface area contributed by atoms with Gasteiger partial charge in [0.2, 0.25) is 13.6 Å². The van der Waals surface area contributed by atoms with Gasteiger partial charge in [0.1, 0.15) is 6.73 Å². The van der Waals surface area contributed by atoms with Crippen LogP contribution in [-0.2, 0) is 42.9 Å². The quantitative estimate of drug-likeness (QED) is 0.164. The van der Waals surface area contributed by atoms with Crippen LogP contribution in [0.15, 0.2) is 46.8 Å². The summed E-state index contributed by atoms with van der Waals surface area (Å²) in [5.41, 5.74) is -1.23. The van der Waals surface area contributed by atoms with Gasteiger partial charge in [0.25, 0.3) is 5.69 Å². The number of non-ortho nitro benzene ring substituents is 1. The number of esters is 4. The Hall–Kier alpha value is -4.26. The second-order valence-electron chi connectivity index (χ2n) is 11.6. The number of rotatable bonds is 10. The van der Waals surface area contributed by atoms with Gasteiger partial charge in [0.15, 0.2) is 0 Å². The van der Waals surface area contributed by atoms with Crippen molar-refractivity contribution >= 4 is 29.6 Å². The molecule has 0 aromatic heterocycles. The van der Waals surface area contributed by atoms with Crippen LogP contribution >= 0.6 is 0 Å². The first-order valence-electron chi connectivity index (χ1n) is 13.0. The number of methoxy groups -OCH3 is 1. The maximum atomic E-state index is 13.6. The summed E-state index contributed by atoms with van der Waals surface area (Å²) in [6.45, 7) is 11.5. The second kappa shape index (κ2) is 13.6. The number of nitrogens with zero attached hydrogens (tertiary/aromatic N) is 2. The molecule has 1 aliphatic heterocycles. The van der Waals surface area contributed by atoms with Gasteiger partial charge < -0.3 is 28.6 Å². The molecule has 1 aliphatic rings. The van der Waals surface area contributed by atoms with Crippen molar-refractivity contribution in [1.82, 2.24) is 4.90 Å². The summed E-state index contributed by atoms with van der Waals surface area (Å²) < 4.78 is 26.1. The third kappa shape index (κ3) is 8.15. The number of nitro groups is 1. The van der Waals surface area contributed by atoms with Crippen LogP contribution in [0.25, 0.3) is 0 Å². The number of carbonyl (C=O) groups excluding carboxylic acids is 4. The van der Waals surface area contributed by atoms with Gasteiger partial charge in [-0.05, 0) is 61.0 Å². The van der Waals surface area contributed by atoms with E-state index in [0.717, 1.165) is 0 Å². The van der Waals surface area contributed by atoms with Gasteiger partial charge in [-0.15, -0.1) is 0 Å². The topological polar surface area (TPSA) is 161 Å². The zero-order valence-corrected chi connectivity index (χ0v) is 25.4. The van der Waals surface area contributed by atoms with E-state index in [1.807, 2.05) is 0 Å². The Labute approximate surface area is 244 Å². The Morgan fingerprint density at radius 1 is 0.833 bits per heavy atom. The maximum absolute atomic E-state index is 13.6. The predicted octanol–water partition coefficient (Wildman–Crippen LogP) is 4.33. The van der Waals surface area contributed by atoms with E-state index in [0.29, 0.717) is 11.4 Å². The standard InChI is InChI=1S/C29H38N2O11/c1-17-21(24(32)39-15-41-26(34)28(3,4)5)23(19-11-10-12-20(13-19)31(36)37)22(18(2)30(17)14-38-9)25(33)40-16-42-27(35)29(6,7)8/h10-13,23H,14-16H2,1-9H3. The molecule has 0 bridgehead atoms. The van der Waals surface area contributed by atoms with Crippen molar-refractivity contribution in [3.63, 3.8) is 0 Å². The summed E-state index contributed by atoms with van der Waals surface area (Å²) in [6.07, 6.45) is 0. The van der Waals surface area contributed by atoms with Crippen molar-refractivity contribution in [2.24, 2.45) is 10.8 Å². The number of nitro benzene ring substituents is 1. The third-order valence-corrected chi connectivity index (χ3v) is 6.26. The molecule has 0 saturated carbocycles. The molecule has 42 heavy (non-hydrogen) atoms. The molecule has 0 spiro atoms. The fraction of sp³-hybridized carbons (Fsp3) is 0.517. The minimum atomic E-state index is -1.20. The predicted molar refractivity (Wildman–Crippen MR) is 148 cm³/mol. The van der Waals surface area contributed by atoms with E-state index in [2.05, 4.69) is 0 Å². The Kier molecular flexibility index (Phi) is 11.0. The van der Waals surface area contributed by atoms with E-state index in [1.54, 1.807) is 55.4 Å². The Morgan fingerprint density at radius 3 is 1.67 bits per heavy atom. The molecule has 13 nitrogen and oxygen atoms in total. The molecule has 0 unspecified atom stereocenters. The summed E-state index contributed by atoms with van der Waals surface area (Å²) >= 11 is 0. The summed E-state index contributed by atoms with van der Waals surface area (Å²) in [6, 6.07) is 5.44. The largest absolute Gasteiger partial charge is 0.427 e. The summed E-state index contributed by atoms with van der Waals surface area (Å²) in [5, 5.41) is 11.6. The Balaban J connectivity index is 2.60. The molecule has 0 radical (unpaired) electrons. The van der Waals surface area contributed by atoms with Crippen molar-refractivity contribution in [2.75, 3.05) is 27.4 Å². The van der Waals surface area contributed by atoms with Crippen LogP contribution in [0, 0.1) is 20.9 Å². The highest BCUT2D eigenvalue weighted by atomic mass is 16.7. The molecular weight excluding hydrogens is 552 g/mol. The van der Waals surface area contributed by atoms with E-state index in [4.69, 9.17) is 23.7 Å². The third-order valence-electron chi connectivity index (χ3n) is 6.26. The Bertz CT molecular complexity index is 1230. The van der Waals surface area contributed by atoms with E-state index < -0.39 is 59.1 Å². The molecule has 0 fully saturated rings. The first-order chi connectivity index (χ1) is 19.4. The van der Waals surface area contributed by atoms with Crippen molar-refractivity contribution in [3.05, 3.63) is 62.5 Å². The molecule has 0 saturated heterocycles. The van der Waals surface area contributed by atoms with Gasteiger partial charge in [0.05, 0.1) is 32.8 Å². The van der Waals surface area contributed by atoms with Crippen LogP contribution in [0.5, 0.6) is 0 Å². The molecular formula is C29H38N2O11. The Morgan fingerprint density at radius 2 is 1.29 bits per heavy atom. The highest BCUT2D eigenvalue weighted by Crippen LogP contribution is 2.43. The van der Waals surface area contributed by atoms with Gasteiger partial charge >= 0.3 is 23.9 Å². The number of ether oxygens (including phenoxy) is 5. The molecule has 1 aromatic rings. The molecule has 0 aliphatic carbocycles. The minimum Gasteiger partial charge on any atom is -0.427 e. The number of carbonyl (C=O) groups is 4. The normalized spacial score (nSPS) is 14.5. The van der Waals surface area contributed by atoms with Crippen LogP contribution < -0.4 is 0 Å². The number of hydrogen-bond acceptors (Lipinski definition) is 12. The molecule has 0 atom stereocenters. The van der Waals surface area contributed by atoms with Crippen LogP contribution in [-0.4, -0.2) is 61.1 Å². The lowest BCUT2D eigenvalue weighted by molar-refractivity contribution is -0.384. The molecule has 13 heteroatoms. The summed E-state index contributed by atoms with van der Waals surface area (Å²) in [5.74, 6) is -4.29. The van der Waals surface area contributed by atoms with E-state index in [-0.39, 0.29) is 29.1 Å². The SMILES string of the molecule is COCN1C(C)=C(C(=O)OCOC(=O)C(C)(C)C)C(c2cccc([N+](=O)[O-])c2)C(C(=O)OCOC(=O)C(C)(C)C)=C1C. The van der Waals surface area contributed by atoms with Gasteiger partial charge in [-0.3, -0.25) is 19.7 Å². The average molecular weight is 591 g/mol. The zero-order valence-electron chi connectivity index (χ0n) is 25.4. The van der Waals surface area contributed by atoms with Crippen LogP contribution in [0.2, 0.25) is 0 Å². The molecule has 0 amide bonds. The number of allylic oxidation sites excluding steroid dienone is 2. The lowest BCUT2D eigenvalue weighted by atomic mass is 9.79. The van der Waals surface area contributed by atoms with E-state index in [1.165, 1.54) is 36.3 Å². The van der Waals surface area contributed by atoms with Crippen molar-refractivity contribution in [2.45, 2.75) is 61.3 Å². The average Bonchev–Trinajstić information content (AvgIpc) is 2.89. The van der Waals surface area contributed by atoms with Crippen molar-refractivity contribution in [1.29, 1.82) is 0 Å². The van der Waals surface area contributed by atoms with Gasteiger partial charge in [-0.2, -0.15) is 0 Å². The maximum Gasteiger partial charge on any atom is 0.339 e. The van der Waals surface area contributed by atoms with Gasteiger partial charge in [0, 0.05) is 30.6 Å². The lowest BCUT2D eigenvalue weighted by Gasteiger charge is -2.37. The molecule has 230 valence electrons. The first-order valence-corrected chi connectivity index (χ1v) is 13.0. The minimum absolute atomic E-state index is 0.0661. The van der Waals surface area contributed by atoms with Crippen molar-refractivity contribution < 1.29 is 47.8 Å². The zero-order chi connectivity index (χ0) is 32.0. The van der Waals surface area contributed by atoms with E-state index in [9.17, 15) is 29.3 Å². The number of benzene rings is 1. The molecule has 2 rings (SSSR count). The van der Waals surface area contributed by atoms with E-state index >= 15 is 0 Å². The lowest BCUT2D eigenvalue weighted by Crippen LogP contribution is -2.37. The smallest absolute Gasteiger partial charge is 0.339 e. The fourth-order valence-electron chi connectivity index (χ4n) is 3.97. The van der Waals surface area contributed by atoms with Crippen LogP contribution in [0.1, 0.15) is 66.9 Å². The van der Waals surface area contributed by atoms with Crippen molar-refractivity contribution in [3.8, 4) is 0 Å². The second-order valence-corrected chi connectivity index (χ2v) is 11.6. The summed E-state index contributed by atoms with van der Waals surface area (Å²) in [4.78, 5) is 64.0. The number of hydrogen-bond donors (Lipinski definition) is 0. The van der Waals surface area contributed by atoms with Crippen LogP contribution in [0.3, 0.4) is 0 Å². The highest BCUT2D eigenvalue weighted by molar-refractivity contribution is 6.00. The molecule has 1 heterocycles. The highest BCUT2D eigenvalue weighted by Gasteiger charge is 2.41. The fourth-order valence-corrected chi connectivity index (χ4v) is 3.97. The van der Waals surface area contributed by atoms with Crippen LogP contribution in [0.4, 0.5) is 5.69 Å². The summed E-state index contributed by atoms with van der Waals surface area (Å²) in [7, 11) is 1.42. The van der Waals surface area contributed by atoms with Gasteiger partial charge in [-0.1, -0.05) is 12.1 Å². The van der Waals surface area contributed by atoms with Gasteiger partial charge in [-0.25, -0.2) is 9.59 Å². The first kappa shape index (κ1) is 33.9.